The lowest BCUT2D eigenvalue weighted by Crippen LogP contribution is -2.62. The summed E-state index contributed by atoms with van der Waals surface area (Å²) in [6.07, 6.45) is 13.3. The Labute approximate surface area is 197 Å². The van der Waals surface area contributed by atoms with Gasteiger partial charge in [-0.1, -0.05) is 59.5 Å². The van der Waals surface area contributed by atoms with Crippen molar-refractivity contribution in [1.82, 2.24) is 20.0 Å². The minimum absolute atomic E-state index is 0.0511. The van der Waals surface area contributed by atoms with Crippen molar-refractivity contribution < 1.29 is 9.90 Å². The predicted molar refractivity (Wildman–Crippen MR) is 131 cm³/mol. The van der Waals surface area contributed by atoms with Crippen molar-refractivity contribution in [3.8, 4) is 0 Å². The summed E-state index contributed by atoms with van der Waals surface area (Å²) in [5.74, 6) is 0.985. The average Bonchev–Trinajstić information content (AvgIpc) is 3.32. The molecule has 7 heteroatoms. The van der Waals surface area contributed by atoms with Crippen LogP contribution in [0.5, 0.6) is 0 Å². The highest BCUT2D eigenvalue weighted by Gasteiger charge is 2.50. The first-order valence-electron chi connectivity index (χ1n) is 12.4. The standard InChI is InChI=1S/C26H39N5O2/c1-19(14-21-8-6-5-7-9-21)24(32)30-13-11-26(33,25(3,4)16-30)17-31-18-27-23(15-20(31)2)22-10-12-28-29-22/h10,12,15,18-19,21,33H,2,5-9,11,13-14,16-17H2,1,3-4H3,(H,28,29)/t19-,26?/m1/s1. The number of nitrogens with one attached hydrogen (secondary N) is 1. The van der Waals surface area contributed by atoms with E-state index in [0.717, 1.165) is 23.5 Å². The maximum Gasteiger partial charge on any atom is 0.225 e. The number of aromatic amines is 1. The molecule has 0 spiro atoms. The molecule has 3 aliphatic rings. The van der Waals surface area contributed by atoms with Gasteiger partial charge in [0.25, 0.3) is 0 Å². The Morgan fingerprint density at radius 3 is 2.73 bits per heavy atom. The SMILES string of the molecule is C=C1C=C(c2ccn[nH]2)N=CN1CC1(O)CCN(C(=O)[C@H](C)CC2CCCCC2)CC1(C)C. The van der Waals surface area contributed by atoms with Crippen LogP contribution < -0.4 is 0 Å². The number of hydrogen-bond donors (Lipinski definition) is 2. The van der Waals surface area contributed by atoms with Crippen molar-refractivity contribution in [3.63, 3.8) is 0 Å². The molecular formula is C26H39N5O2. The van der Waals surface area contributed by atoms with Crippen LogP contribution in [0, 0.1) is 17.3 Å². The number of hydrogen-bond acceptors (Lipinski definition) is 5. The number of rotatable bonds is 6. The number of β-amino-alcohol motifs (C(OH)–C–C–N with tert-alkyl or cyclic N) is 1. The van der Waals surface area contributed by atoms with Gasteiger partial charge in [-0.25, -0.2) is 4.99 Å². The molecule has 1 amide bonds. The quantitative estimate of drug-likeness (QED) is 0.676. The first-order chi connectivity index (χ1) is 15.7. The number of allylic oxidation sites excluding steroid dienone is 1. The molecule has 4 rings (SSSR count). The van der Waals surface area contributed by atoms with E-state index < -0.39 is 11.0 Å². The highest BCUT2D eigenvalue weighted by atomic mass is 16.3. The van der Waals surface area contributed by atoms with Crippen LogP contribution in [0.4, 0.5) is 0 Å². The Morgan fingerprint density at radius 1 is 1.33 bits per heavy atom. The molecule has 1 saturated carbocycles. The van der Waals surface area contributed by atoms with Gasteiger partial charge in [0.05, 0.1) is 29.9 Å². The van der Waals surface area contributed by atoms with E-state index in [1.807, 2.05) is 21.9 Å². The molecule has 7 nitrogen and oxygen atoms in total. The lowest BCUT2D eigenvalue weighted by atomic mass is 9.69. The molecule has 2 atom stereocenters. The molecule has 1 saturated heterocycles. The number of aromatic nitrogens is 2. The molecule has 2 fully saturated rings. The van der Waals surface area contributed by atoms with Crippen LogP contribution in [0.1, 0.15) is 71.4 Å². The second-order valence-corrected chi connectivity index (χ2v) is 10.9. The summed E-state index contributed by atoms with van der Waals surface area (Å²) in [6.45, 7) is 11.9. The molecule has 0 bridgehead atoms. The summed E-state index contributed by atoms with van der Waals surface area (Å²) >= 11 is 0. The molecule has 1 aliphatic carbocycles. The predicted octanol–water partition coefficient (Wildman–Crippen LogP) is 4.20. The summed E-state index contributed by atoms with van der Waals surface area (Å²) in [5, 5.41) is 18.6. The molecule has 1 unspecified atom stereocenters. The first kappa shape index (κ1) is 23.7. The number of piperidine rings is 1. The number of nitrogens with zero attached hydrogens (tertiary/aromatic N) is 4. The van der Waals surface area contributed by atoms with Crippen LogP contribution in [0.3, 0.4) is 0 Å². The number of aliphatic hydroxyl groups is 1. The Morgan fingerprint density at radius 2 is 2.09 bits per heavy atom. The largest absolute Gasteiger partial charge is 0.387 e. The Bertz CT molecular complexity index is 913. The van der Waals surface area contributed by atoms with Gasteiger partial charge in [0, 0.05) is 36.3 Å². The van der Waals surface area contributed by atoms with Crippen LogP contribution in [0.15, 0.2) is 35.6 Å². The van der Waals surface area contributed by atoms with Crippen molar-refractivity contribution in [1.29, 1.82) is 0 Å². The molecule has 0 aromatic carbocycles. The van der Waals surface area contributed by atoms with Gasteiger partial charge in [0.2, 0.25) is 5.91 Å². The van der Waals surface area contributed by atoms with E-state index in [1.54, 1.807) is 12.5 Å². The van der Waals surface area contributed by atoms with Gasteiger partial charge in [-0.2, -0.15) is 5.10 Å². The Hall–Kier alpha value is -2.41. The molecule has 1 aromatic rings. The number of aliphatic imine (C=N–C) groups is 1. The third kappa shape index (κ3) is 5.08. The minimum Gasteiger partial charge on any atom is -0.387 e. The maximum atomic E-state index is 13.2. The first-order valence-corrected chi connectivity index (χ1v) is 12.4. The van der Waals surface area contributed by atoms with Crippen molar-refractivity contribution in [2.24, 2.45) is 22.2 Å². The van der Waals surface area contributed by atoms with E-state index in [-0.39, 0.29) is 11.8 Å². The van der Waals surface area contributed by atoms with Gasteiger partial charge >= 0.3 is 0 Å². The summed E-state index contributed by atoms with van der Waals surface area (Å²) in [4.78, 5) is 21.7. The second kappa shape index (κ2) is 9.45. The normalized spacial score (nSPS) is 26.9. The Balaban J connectivity index is 1.36. The zero-order valence-corrected chi connectivity index (χ0v) is 20.4. The molecule has 33 heavy (non-hydrogen) atoms. The summed E-state index contributed by atoms with van der Waals surface area (Å²) in [7, 11) is 0. The molecule has 1 aromatic heterocycles. The third-order valence-corrected chi connectivity index (χ3v) is 8.00. The zero-order valence-electron chi connectivity index (χ0n) is 20.4. The number of amides is 1. The molecule has 2 N–H and O–H groups in total. The van der Waals surface area contributed by atoms with Crippen LogP contribution in [-0.4, -0.2) is 62.6 Å². The molecule has 180 valence electrons. The van der Waals surface area contributed by atoms with E-state index in [9.17, 15) is 9.90 Å². The van der Waals surface area contributed by atoms with Crippen molar-refractivity contribution in [3.05, 3.63) is 36.3 Å². The van der Waals surface area contributed by atoms with E-state index in [2.05, 4.69) is 42.5 Å². The van der Waals surface area contributed by atoms with Crippen LogP contribution in [0.2, 0.25) is 0 Å². The van der Waals surface area contributed by atoms with Crippen molar-refractivity contribution in [2.75, 3.05) is 19.6 Å². The molecule has 0 radical (unpaired) electrons. The second-order valence-electron chi connectivity index (χ2n) is 10.9. The monoisotopic (exact) mass is 453 g/mol. The fourth-order valence-corrected chi connectivity index (χ4v) is 5.63. The molecule has 2 aliphatic heterocycles. The van der Waals surface area contributed by atoms with Crippen LogP contribution in [0.25, 0.3) is 5.70 Å². The maximum absolute atomic E-state index is 13.2. The zero-order chi connectivity index (χ0) is 23.6. The summed E-state index contributed by atoms with van der Waals surface area (Å²) in [5.41, 5.74) is 0.975. The third-order valence-electron chi connectivity index (χ3n) is 8.00. The average molecular weight is 454 g/mol. The minimum atomic E-state index is -0.954. The fourth-order valence-electron chi connectivity index (χ4n) is 5.63. The lowest BCUT2D eigenvalue weighted by Gasteiger charge is -2.52. The van der Waals surface area contributed by atoms with Gasteiger partial charge in [-0.15, -0.1) is 0 Å². The van der Waals surface area contributed by atoms with Gasteiger partial charge in [-0.05, 0) is 30.9 Å². The van der Waals surface area contributed by atoms with Crippen LogP contribution >= 0.6 is 0 Å². The van der Waals surface area contributed by atoms with E-state index >= 15 is 0 Å². The van der Waals surface area contributed by atoms with Crippen molar-refractivity contribution in [2.45, 2.75) is 71.3 Å². The Kier molecular flexibility index (Phi) is 6.80. The smallest absolute Gasteiger partial charge is 0.225 e. The van der Waals surface area contributed by atoms with E-state index in [1.165, 1.54) is 32.1 Å². The number of carbonyl (C=O) groups is 1. The summed E-state index contributed by atoms with van der Waals surface area (Å²) in [6, 6.07) is 1.87. The topological polar surface area (TPSA) is 84.8 Å². The fraction of sp³-hybridized carbons (Fsp3) is 0.654. The highest BCUT2D eigenvalue weighted by Crippen LogP contribution is 2.41. The van der Waals surface area contributed by atoms with Gasteiger partial charge in [0.1, 0.15) is 0 Å². The molecule has 3 heterocycles. The van der Waals surface area contributed by atoms with Gasteiger partial charge in [0.15, 0.2) is 0 Å². The lowest BCUT2D eigenvalue weighted by molar-refractivity contribution is -0.155. The number of likely N-dealkylation sites (tertiary alicyclic amines) is 1. The number of carbonyl (C=O) groups excluding carboxylic acids is 1. The van der Waals surface area contributed by atoms with Gasteiger partial charge in [-0.3, -0.25) is 9.89 Å². The van der Waals surface area contributed by atoms with Crippen LogP contribution in [-0.2, 0) is 4.79 Å². The van der Waals surface area contributed by atoms with E-state index in [4.69, 9.17) is 0 Å². The van der Waals surface area contributed by atoms with Gasteiger partial charge < -0.3 is 14.9 Å². The molecular weight excluding hydrogens is 414 g/mol. The summed E-state index contributed by atoms with van der Waals surface area (Å²) < 4.78 is 0. The highest BCUT2D eigenvalue weighted by molar-refractivity contribution is 5.79. The van der Waals surface area contributed by atoms with E-state index in [0.29, 0.717) is 32.0 Å². The number of H-pyrrole nitrogens is 1. The van der Waals surface area contributed by atoms with Crippen molar-refractivity contribution >= 4 is 17.9 Å².